The highest BCUT2D eigenvalue weighted by Gasteiger charge is 2.38. The number of rotatable bonds is 6. The predicted octanol–water partition coefficient (Wildman–Crippen LogP) is 1.90. The summed E-state index contributed by atoms with van der Waals surface area (Å²) in [5.74, 6) is -0.643. The molecule has 1 aromatic rings. The normalized spacial score (nSPS) is 24.3. The van der Waals surface area contributed by atoms with Gasteiger partial charge in [0.25, 0.3) is 0 Å². The van der Waals surface area contributed by atoms with Gasteiger partial charge in [0.15, 0.2) is 0 Å². The summed E-state index contributed by atoms with van der Waals surface area (Å²) < 4.78 is 40.4. The van der Waals surface area contributed by atoms with Crippen LogP contribution in [-0.2, 0) is 11.3 Å². The highest BCUT2D eigenvalue weighted by atomic mass is 19.4. The first kappa shape index (κ1) is 18.0. The molecule has 2 aliphatic rings. The summed E-state index contributed by atoms with van der Waals surface area (Å²) >= 11 is 0. The third-order valence-corrected chi connectivity index (χ3v) is 4.57. The Balaban J connectivity index is 1.56. The third kappa shape index (κ3) is 5.09. The summed E-state index contributed by atoms with van der Waals surface area (Å²) in [4.78, 5) is 14.3. The molecule has 1 aliphatic heterocycles. The van der Waals surface area contributed by atoms with Gasteiger partial charge in [-0.15, -0.1) is 13.2 Å². The summed E-state index contributed by atoms with van der Waals surface area (Å²) in [6.07, 6.45) is -2.68. The molecule has 1 heterocycles. The maximum absolute atomic E-state index is 12.3. The van der Waals surface area contributed by atoms with Crippen LogP contribution >= 0.6 is 0 Å². The fraction of sp³-hybridized carbons (Fsp3) is 0.588. The van der Waals surface area contributed by atoms with E-state index >= 15 is 0 Å². The van der Waals surface area contributed by atoms with E-state index in [0.717, 1.165) is 18.4 Å². The number of likely N-dealkylation sites (tertiary alicyclic amines) is 1. The molecule has 25 heavy (non-hydrogen) atoms. The molecule has 1 aliphatic carbocycles. The molecule has 1 aromatic carbocycles. The largest absolute Gasteiger partial charge is 0.573 e. The van der Waals surface area contributed by atoms with Gasteiger partial charge in [0.2, 0.25) is 5.91 Å². The lowest BCUT2D eigenvalue weighted by atomic mass is 9.96. The van der Waals surface area contributed by atoms with Crippen LogP contribution in [0.4, 0.5) is 13.2 Å². The molecule has 3 rings (SSSR count). The molecule has 5 nitrogen and oxygen atoms in total. The molecule has 2 atom stereocenters. The zero-order valence-corrected chi connectivity index (χ0v) is 13.6. The smallest absolute Gasteiger partial charge is 0.406 e. The number of carbonyl (C=O) groups is 1. The van der Waals surface area contributed by atoms with Crippen molar-refractivity contribution in [2.75, 3.05) is 19.7 Å². The Morgan fingerprint density at radius 2 is 1.92 bits per heavy atom. The summed E-state index contributed by atoms with van der Waals surface area (Å²) in [5.41, 5.74) is 0.828. The zero-order valence-electron chi connectivity index (χ0n) is 13.6. The topological polar surface area (TPSA) is 61.8 Å². The number of aliphatic hydroxyl groups excluding tert-OH is 1. The number of amides is 1. The highest BCUT2D eigenvalue weighted by Crippen LogP contribution is 2.28. The molecular weight excluding hydrogens is 337 g/mol. The SMILES string of the molecule is O=C(NC1CC1)C1CN(Cc2ccc(OC(F)(F)F)cc2)CC1CO. The number of hydrogen-bond acceptors (Lipinski definition) is 4. The van der Waals surface area contributed by atoms with E-state index in [0.29, 0.717) is 19.6 Å². The second kappa shape index (κ2) is 7.21. The first-order chi connectivity index (χ1) is 11.8. The molecule has 138 valence electrons. The van der Waals surface area contributed by atoms with Crippen LogP contribution in [0.25, 0.3) is 0 Å². The van der Waals surface area contributed by atoms with E-state index in [2.05, 4.69) is 10.1 Å². The number of halogens is 3. The molecule has 1 saturated carbocycles. The van der Waals surface area contributed by atoms with Crippen LogP contribution in [-0.4, -0.2) is 48.0 Å². The average Bonchev–Trinajstić information content (AvgIpc) is 3.25. The Labute approximate surface area is 143 Å². The van der Waals surface area contributed by atoms with Crippen molar-refractivity contribution in [3.8, 4) is 5.75 Å². The molecule has 2 unspecified atom stereocenters. The number of aliphatic hydroxyl groups is 1. The van der Waals surface area contributed by atoms with Crippen molar-refractivity contribution in [1.29, 1.82) is 0 Å². The molecule has 1 amide bonds. The van der Waals surface area contributed by atoms with Gasteiger partial charge in [-0.1, -0.05) is 12.1 Å². The minimum Gasteiger partial charge on any atom is -0.406 e. The lowest BCUT2D eigenvalue weighted by molar-refractivity contribution is -0.274. The lowest BCUT2D eigenvalue weighted by Crippen LogP contribution is -2.37. The van der Waals surface area contributed by atoms with Gasteiger partial charge in [0, 0.05) is 38.2 Å². The van der Waals surface area contributed by atoms with Crippen molar-refractivity contribution in [2.24, 2.45) is 11.8 Å². The Hall–Kier alpha value is -1.80. The van der Waals surface area contributed by atoms with Gasteiger partial charge in [0.05, 0.1) is 5.92 Å². The van der Waals surface area contributed by atoms with Gasteiger partial charge in [-0.25, -0.2) is 0 Å². The minimum absolute atomic E-state index is 0.0158. The number of nitrogens with one attached hydrogen (secondary N) is 1. The number of hydrogen-bond donors (Lipinski definition) is 2. The van der Waals surface area contributed by atoms with E-state index < -0.39 is 6.36 Å². The van der Waals surface area contributed by atoms with Crippen LogP contribution in [0.2, 0.25) is 0 Å². The second-order valence-electron chi connectivity index (χ2n) is 6.72. The van der Waals surface area contributed by atoms with Crippen molar-refractivity contribution < 1.29 is 27.8 Å². The quantitative estimate of drug-likeness (QED) is 0.816. The number of carbonyl (C=O) groups excluding carboxylic acids is 1. The first-order valence-corrected chi connectivity index (χ1v) is 8.32. The summed E-state index contributed by atoms with van der Waals surface area (Å²) in [6.45, 7) is 1.57. The van der Waals surface area contributed by atoms with Crippen molar-refractivity contribution in [3.63, 3.8) is 0 Å². The summed E-state index contributed by atoms with van der Waals surface area (Å²) in [5, 5.41) is 12.5. The van der Waals surface area contributed by atoms with Crippen LogP contribution in [0, 0.1) is 11.8 Å². The molecule has 8 heteroatoms. The van der Waals surface area contributed by atoms with Gasteiger partial charge in [-0.05, 0) is 30.5 Å². The Morgan fingerprint density at radius 3 is 2.48 bits per heavy atom. The van der Waals surface area contributed by atoms with Crippen LogP contribution in [0.1, 0.15) is 18.4 Å². The maximum Gasteiger partial charge on any atom is 0.573 e. The summed E-state index contributed by atoms with van der Waals surface area (Å²) in [6, 6.07) is 5.99. The van der Waals surface area contributed by atoms with Crippen molar-refractivity contribution in [2.45, 2.75) is 31.8 Å². The number of benzene rings is 1. The average molecular weight is 358 g/mol. The van der Waals surface area contributed by atoms with Gasteiger partial charge < -0.3 is 15.2 Å². The summed E-state index contributed by atoms with van der Waals surface area (Å²) in [7, 11) is 0. The van der Waals surface area contributed by atoms with Gasteiger partial charge in [-0.3, -0.25) is 9.69 Å². The van der Waals surface area contributed by atoms with Crippen LogP contribution in [0.5, 0.6) is 5.75 Å². The Morgan fingerprint density at radius 1 is 1.24 bits per heavy atom. The van der Waals surface area contributed by atoms with Crippen molar-refractivity contribution in [3.05, 3.63) is 29.8 Å². The van der Waals surface area contributed by atoms with Gasteiger partial charge in [-0.2, -0.15) is 0 Å². The second-order valence-corrected chi connectivity index (χ2v) is 6.72. The van der Waals surface area contributed by atoms with E-state index in [1.54, 1.807) is 12.1 Å². The standard InChI is InChI=1S/C17H21F3N2O3/c18-17(19,20)25-14-5-1-11(2-6-14)7-22-8-12(10-23)15(9-22)16(24)21-13-3-4-13/h1-2,5-6,12-13,15,23H,3-4,7-10H2,(H,21,24). The van der Waals surface area contributed by atoms with E-state index in [1.165, 1.54) is 12.1 Å². The number of ether oxygens (including phenoxy) is 1. The van der Waals surface area contributed by atoms with Crippen LogP contribution in [0.15, 0.2) is 24.3 Å². The van der Waals surface area contributed by atoms with Crippen molar-refractivity contribution in [1.82, 2.24) is 10.2 Å². The Kier molecular flexibility index (Phi) is 5.19. The first-order valence-electron chi connectivity index (χ1n) is 8.32. The molecule has 0 aromatic heterocycles. The fourth-order valence-corrected chi connectivity index (χ4v) is 3.16. The molecule has 2 N–H and O–H groups in total. The number of alkyl halides is 3. The lowest BCUT2D eigenvalue weighted by Gasteiger charge is -2.16. The highest BCUT2D eigenvalue weighted by molar-refractivity contribution is 5.80. The molecule has 0 spiro atoms. The van der Waals surface area contributed by atoms with Crippen LogP contribution in [0.3, 0.4) is 0 Å². The fourth-order valence-electron chi connectivity index (χ4n) is 3.16. The zero-order chi connectivity index (χ0) is 18.0. The number of nitrogens with zero attached hydrogens (tertiary/aromatic N) is 1. The van der Waals surface area contributed by atoms with Crippen molar-refractivity contribution >= 4 is 5.91 Å². The van der Waals surface area contributed by atoms with Gasteiger partial charge >= 0.3 is 6.36 Å². The van der Waals surface area contributed by atoms with E-state index in [9.17, 15) is 23.1 Å². The van der Waals surface area contributed by atoms with E-state index in [-0.39, 0.29) is 36.1 Å². The molecule has 1 saturated heterocycles. The molecule has 0 bridgehead atoms. The monoisotopic (exact) mass is 358 g/mol. The molecule has 2 fully saturated rings. The maximum atomic E-state index is 12.3. The molecule has 0 radical (unpaired) electrons. The van der Waals surface area contributed by atoms with E-state index in [1.807, 2.05) is 4.90 Å². The van der Waals surface area contributed by atoms with E-state index in [4.69, 9.17) is 0 Å². The minimum atomic E-state index is -4.70. The molecular formula is C17H21F3N2O3. The van der Waals surface area contributed by atoms with Crippen LogP contribution < -0.4 is 10.1 Å². The Bertz CT molecular complexity index is 602. The van der Waals surface area contributed by atoms with Gasteiger partial charge in [0.1, 0.15) is 5.75 Å². The third-order valence-electron chi connectivity index (χ3n) is 4.57. The predicted molar refractivity (Wildman–Crippen MR) is 83.6 cm³/mol.